The van der Waals surface area contributed by atoms with Gasteiger partial charge in [0.1, 0.15) is 0 Å². The molecular formula is C13H15N3O. The van der Waals surface area contributed by atoms with Crippen LogP contribution in [0.4, 0.5) is 0 Å². The molecule has 1 amide bonds. The van der Waals surface area contributed by atoms with Crippen LogP contribution in [0.25, 0.3) is 11.1 Å². The van der Waals surface area contributed by atoms with Crippen molar-refractivity contribution in [3.63, 3.8) is 0 Å². The summed E-state index contributed by atoms with van der Waals surface area (Å²) in [5, 5.41) is 4.21. The molecule has 0 bridgehead atoms. The second-order valence-corrected chi connectivity index (χ2v) is 3.98. The Labute approximate surface area is 100 Å². The van der Waals surface area contributed by atoms with Crippen molar-refractivity contribution in [2.75, 3.05) is 0 Å². The fourth-order valence-electron chi connectivity index (χ4n) is 1.75. The quantitative estimate of drug-likeness (QED) is 0.874. The number of carbonyl (C=O) groups is 1. The number of amides is 1. The van der Waals surface area contributed by atoms with E-state index in [9.17, 15) is 4.79 Å². The first kappa shape index (κ1) is 11.4. The highest BCUT2D eigenvalue weighted by molar-refractivity contribution is 5.95. The minimum atomic E-state index is -0.396. The molecule has 1 heterocycles. The van der Waals surface area contributed by atoms with Gasteiger partial charge in [-0.05, 0) is 31.0 Å². The Kier molecular flexibility index (Phi) is 2.95. The van der Waals surface area contributed by atoms with E-state index in [1.54, 1.807) is 6.20 Å². The maximum Gasteiger partial charge on any atom is 0.248 e. The topological polar surface area (TPSA) is 60.9 Å². The van der Waals surface area contributed by atoms with Gasteiger partial charge in [0.05, 0.1) is 6.20 Å². The lowest BCUT2D eigenvalue weighted by molar-refractivity contribution is 0.1000. The van der Waals surface area contributed by atoms with E-state index < -0.39 is 5.91 Å². The molecule has 0 atom stereocenters. The molecule has 0 saturated heterocycles. The maximum atomic E-state index is 11.3. The van der Waals surface area contributed by atoms with Crippen LogP contribution in [0.2, 0.25) is 0 Å². The molecule has 0 aliphatic rings. The number of nitrogens with two attached hydrogens (primary N) is 1. The summed E-state index contributed by atoms with van der Waals surface area (Å²) in [6, 6.07) is 5.69. The summed E-state index contributed by atoms with van der Waals surface area (Å²) in [5.41, 5.74) is 8.74. The predicted molar refractivity (Wildman–Crippen MR) is 66.6 cm³/mol. The number of nitrogens with zero attached hydrogens (tertiary/aromatic N) is 2. The van der Waals surface area contributed by atoms with Crippen molar-refractivity contribution in [1.29, 1.82) is 0 Å². The van der Waals surface area contributed by atoms with E-state index in [-0.39, 0.29) is 0 Å². The third-order valence-electron chi connectivity index (χ3n) is 2.79. The first-order valence-electron chi connectivity index (χ1n) is 5.55. The van der Waals surface area contributed by atoms with Crippen molar-refractivity contribution in [1.82, 2.24) is 9.78 Å². The van der Waals surface area contributed by atoms with E-state index in [4.69, 9.17) is 5.73 Å². The van der Waals surface area contributed by atoms with Crippen molar-refractivity contribution in [3.05, 3.63) is 41.7 Å². The van der Waals surface area contributed by atoms with Gasteiger partial charge in [-0.1, -0.05) is 12.1 Å². The van der Waals surface area contributed by atoms with Gasteiger partial charge in [-0.3, -0.25) is 9.48 Å². The number of carbonyl (C=O) groups excluding carboxylic acids is 1. The summed E-state index contributed by atoms with van der Waals surface area (Å²) in [4.78, 5) is 11.3. The summed E-state index contributed by atoms with van der Waals surface area (Å²) in [6.07, 6.45) is 3.74. The van der Waals surface area contributed by atoms with E-state index >= 15 is 0 Å². The molecule has 0 unspecified atom stereocenters. The highest BCUT2D eigenvalue weighted by Gasteiger charge is 2.08. The molecule has 2 rings (SSSR count). The monoisotopic (exact) mass is 229 g/mol. The van der Waals surface area contributed by atoms with Gasteiger partial charge in [0.2, 0.25) is 5.91 Å². The molecule has 1 aromatic heterocycles. The first-order chi connectivity index (χ1) is 8.11. The average molecular weight is 229 g/mol. The molecule has 1 aromatic carbocycles. The zero-order chi connectivity index (χ0) is 12.4. The number of aryl methyl sites for hydroxylation is 2. The number of rotatable bonds is 3. The van der Waals surface area contributed by atoms with Gasteiger partial charge >= 0.3 is 0 Å². The van der Waals surface area contributed by atoms with Crippen molar-refractivity contribution in [2.24, 2.45) is 5.73 Å². The molecular weight excluding hydrogens is 214 g/mol. The number of aromatic nitrogens is 2. The minimum absolute atomic E-state index is 0.396. The lowest BCUT2D eigenvalue weighted by Gasteiger charge is -2.04. The third kappa shape index (κ3) is 2.20. The summed E-state index contributed by atoms with van der Waals surface area (Å²) in [6.45, 7) is 4.73. The van der Waals surface area contributed by atoms with Crippen LogP contribution in [0.15, 0.2) is 30.6 Å². The molecule has 2 aromatic rings. The Bertz CT molecular complexity index is 558. The van der Waals surface area contributed by atoms with Crippen LogP contribution >= 0.6 is 0 Å². The Morgan fingerprint density at radius 2 is 2.18 bits per heavy atom. The van der Waals surface area contributed by atoms with Crippen LogP contribution in [-0.4, -0.2) is 15.7 Å². The van der Waals surface area contributed by atoms with Crippen molar-refractivity contribution in [2.45, 2.75) is 20.4 Å². The Morgan fingerprint density at radius 1 is 1.41 bits per heavy atom. The van der Waals surface area contributed by atoms with Crippen LogP contribution < -0.4 is 5.73 Å². The fraction of sp³-hybridized carbons (Fsp3) is 0.231. The van der Waals surface area contributed by atoms with E-state index in [1.807, 2.05) is 42.9 Å². The predicted octanol–water partition coefficient (Wildman–Crippen LogP) is 1.98. The highest BCUT2D eigenvalue weighted by Crippen LogP contribution is 2.21. The lowest BCUT2D eigenvalue weighted by Crippen LogP contribution is -2.12. The fourth-order valence-corrected chi connectivity index (χ4v) is 1.75. The Balaban J connectivity index is 2.46. The SMILES string of the molecule is CCn1cc(-c2ccc(C)c(C(N)=O)c2)cn1. The summed E-state index contributed by atoms with van der Waals surface area (Å²) in [7, 11) is 0. The van der Waals surface area contributed by atoms with Gasteiger partial charge < -0.3 is 5.73 Å². The second-order valence-electron chi connectivity index (χ2n) is 3.98. The molecule has 0 saturated carbocycles. The van der Waals surface area contributed by atoms with Crippen LogP contribution in [0, 0.1) is 6.92 Å². The molecule has 4 heteroatoms. The van der Waals surface area contributed by atoms with Gasteiger partial charge in [0, 0.05) is 23.9 Å². The molecule has 0 fully saturated rings. The summed E-state index contributed by atoms with van der Waals surface area (Å²) >= 11 is 0. The minimum Gasteiger partial charge on any atom is -0.366 e. The smallest absolute Gasteiger partial charge is 0.248 e. The van der Waals surface area contributed by atoms with Gasteiger partial charge in [-0.2, -0.15) is 5.10 Å². The van der Waals surface area contributed by atoms with Crippen molar-refractivity contribution >= 4 is 5.91 Å². The third-order valence-corrected chi connectivity index (χ3v) is 2.79. The van der Waals surface area contributed by atoms with Crippen LogP contribution in [0.5, 0.6) is 0 Å². The molecule has 4 nitrogen and oxygen atoms in total. The van der Waals surface area contributed by atoms with Gasteiger partial charge in [0.15, 0.2) is 0 Å². The Morgan fingerprint density at radius 3 is 2.76 bits per heavy atom. The van der Waals surface area contributed by atoms with E-state index in [0.717, 1.165) is 23.2 Å². The van der Waals surface area contributed by atoms with Gasteiger partial charge in [-0.25, -0.2) is 0 Å². The average Bonchev–Trinajstić information content (AvgIpc) is 2.78. The summed E-state index contributed by atoms with van der Waals surface area (Å²) in [5.74, 6) is -0.396. The molecule has 0 aliphatic carbocycles. The van der Waals surface area contributed by atoms with E-state index in [2.05, 4.69) is 5.10 Å². The number of hydrogen-bond acceptors (Lipinski definition) is 2. The number of primary amides is 1. The van der Waals surface area contributed by atoms with E-state index in [0.29, 0.717) is 5.56 Å². The van der Waals surface area contributed by atoms with Crippen LogP contribution in [-0.2, 0) is 6.54 Å². The zero-order valence-electron chi connectivity index (χ0n) is 9.97. The number of hydrogen-bond donors (Lipinski definition) is 1. The molecule has 88 valence electrons. The highest BCUT2D eigenvalue weighted by atomic mass is 16.1. The standard InChI is InChI=1S/C13H15N3O/c1-3-16-8-11(7-15-16)10-5-4-9(2)12(6-10)13(14)17/h4-8H,3H2,1-2H3,(H2,14,17). The molecule has 2 N–H and O–H groups in total. The lowest BCUT2D eigenvalue weighted by atomic mass is 10.0. The molecule has 0 aliphatic heterocycles. The zero-order valence-corrected chi connectivity index (χ0v) is 9.97. The van der Waals surface area contributed by atoms with Crippen molar-refractivity contribution in [3.8, 4) is 11.1 Å². The Hall–Kier alpha value is -2.10. The second kappa shape index (κ2) is 4.41. The molecule has 17 heavy (non-hydrogen) atoms. The molecule has 0 radical (unpaired) electrons. The first-order valence-corrected chi connectivity index (χ1v) is 5.55. The van der Waals surface area contributed by atoms with Crippen molar-refractivity contribution < 1.29 is 4.79 Å². The number of benzene rings is 1. The largest absolute Gasteiger partial charge is 0.366 e. The summed E-state index contributed by atoms with van der Waals surface area (Å²) < 4.78 is 1.85. The van der Waals surface area contributed by atoms with E-state index in [1.165, 1.54) is 0 Å². The molecule has 0 spiro atoms. The maximum absolute atomic E-state index is 11.3. The van der Waals surface area contributed by atoms with Gasteiger partial charge in [0.25, 0.3) is 0 Å². The van der Waals surface area contributed by atoms with Crippen LogP contribution in [0.3, 0.4) is 0 Å². The van der Waals surface area contributed by atoms with Crippen LogP contribution in [0.1, 0.15) is 22.8 Å². The normalized spacial score (nSPS) is 10.5. The van der Waals surface area contributed by atoms with Gasteiger partial charge in [-0.15, -0.1) is 0 Å².